The first-order valence-corrected chi connectivity index (χ1v) is 5.50. The third-order valence-corrected chi connectivity index (χ3v) is 2.74. The molecule has 88 valence electrons. The molecule has 1 aliphatic rings. The molecule has 2 amide bonds. The van der Waals surface area contributed by atoms with E-state index in [4.69, 9.17) is 10.5 Å². The SMILES string of the molecule is CCC1COCCN1C(=O)N(C)CCN. The zero-order chi connectivity index (χ0) is 11.3. The first-order valence-electron chi connectivity index (χ1n) is 5.50. The van der Waals surface area contributed by atoms with Gasteiger partial charge in [0.2, 0.25) is 0 Å². The highest BCUT2D eigenvalue weighted by molar-refractivity contribution is 5.74. The molecule has 5 nitrogen and oxygen atoms in total. The van der Waals surface area contributed by atoms with Crippen LogP contribution in [0, 0.1) is 0 Å². The van der Waals surface area contributed by atoms with Crippen molar-refractivity contribution in [1.29, 1.82) is 0 Å². The fraction of sp³-hybridized carbons (Fsp3) is 0.900. The number of carbonyl (C=O) groups is 1. The topological polar surface area (TPSA) is 58.8 Å². The number of nitrogens with zero attached hydrogens (tertiary/aromatic N) is 2. The van der Waals surface area contributed by atoms with Crippen LogP contribution in [0.15, 0.2) is 0 Å². The number of hydrogen-bond donors (Lipinski definition) is 1. The van der Waals surface area contributed by atoms with Gasteiger partial charge in [-0.3, -0.25) is 0 Å². The van der Waals surface area contributed by atoms with Crippen molar-refractivity contribution in [2.45, 2.75) is 19.4 Å². The maximum Gasteiger partial charge on any atom is 0.320 e. The summed E-state index contributed by atoms with van der Waals surface area (Å²) in [5, 5.41) is 0. The maximum absolute atomic E-state index is 12.0. The van der Waals surface area contributed by atoms with Crippen molar-refractivity contribution in [1.82, 2.24) is 9.80 Å². The van der Waals surface area contributed by atoms with E-state index in [0.717, 1.165) is 6.42 Å². The van der Waals surface area contributed by atoms with E-state index in [-0.39, 0.29) is 12.1 Å². The molecule has 0 bridgehead atoms. The highest BCUT2D eigenvalue weighted by atomic mass is 16.5. The molecule has 5 heteroatoms. The molecule has 15 heavy (non-hydrogen) atoms. The number of rotatable bonds is 3. The fourth-order valence-electron chi connectivity index (χ4n) is 1.75. The Morgan fingerprint density at radius 3 is 3.00 bits per heavy atom. The van der Waals surface area contributed by atoms with Crippen molar-refractivity contribution in [3.63, 3.8) is 0 Å². The number of morpholine rings is 1. The lowest BCUT2D eigenvalue weighted by Crippen LogP contribution is -2.53. The van der Waals surface area contributed by atoms with Gasteiger partial charge in [0.15, 0.2) is 0 Å². The molecule has 1 heterocycles. The summed E-state index contributed by atoms with van der Waals surface area (Å²) in [6, 6.07) is 0.280. The van der Waals surface area contributed by atoms with Gasteiger partial charge in [-0.1, -0.05) is 6.92 Å². The van der Waals surface area contributed by atoms with Crippen LogP contribution in [-0.4, -0.2) is 61.8 Å². The second-order valence-corrected chi connectivity index (χ2v) is 3.82. The maximum atomic E-state index is 12.0. The van der Waals surface area contributed by atoms with Crippen LogP contribution < -0.4 is 5.73 Å². The second kappa shape index (κ2) is 5.92. The molecule has 0 aromatic carbocycles. The standard InChI is InChI=1S/C10H21N3O2/c1-3-9-8-15-7-6-13(9)10(14)12(2)5-4-11/h9H,3-8,11H2,1-2H3. The van der Waals surface area contributed by atoms with E-state index in [2.05, 4.69) is 6.92 Å². The minimum absolute atomic E-state index is 0.0654. The van der Waals surface area contributed by atoms with Gasteiger partial charge in [-0.25, -0.2) is 4.79 Å². The molecular weight excluding hydrogens is 194 g/mol. The summed E-state index contributed by atoms with van der Waals surface area (Å²) in [5.41, 5.74) is 5.43. The van der Waals surface area contributed by atoms with Gasteiger partial charge in [0.25, 0.3) is 0 Å². The van der Waals surface area contributed by atoms with E-state index in [1.54, 1.807) is 11.9 Å². The normalized spacial score (nSPS) is 21.5. The average molecular weight is 215 g/mol. The number of urea groups is 1. The zero-order valence-corrected chi connectivity index (χ0v) is 9.61. The Kier molecular flexibility index (Phi) is 4.84. The molecule has 0 aliphatic carbocycles. The van der Waals surface area contributed by atoms with E-state index in [0.29, 0.717) is 32.8 Å². The predicted molar refractivity (Wildman–Crippen MR) is 58.7 cm³/mol. The van der Waals surface area contributed by atoms with Gasteiger partial charge < -0.3 is 20.3 Å². The van der Waals surface area contributed by atoms with Crippen LogP contribution in [0.4, 0.5) is 4.79 Å². The molecule has 1 aliphatic heterocycles. The number of nitrogens with two attached hydrogens (primary N) is 1. The van der Waals surface area contributed by atoms with Crippen LogP contribution in [0.3, 0.4) is 0 Å². The van der Waals surface area contributed by atoms with Crippen LogP contribution >= 0.6 is 0 Å². The lowest BCUT2D eigenvalue weighted by molar-refractivity contribution is 0.00460. The molecule has 0 aromatic rings. The summed E-state index contributed by atoms with van der Waals surface area (Å²) in [6.07, 6.45) is 0.933. The van der Waals surface area contributed by atoms with Gasteiger partial charge >= 0.3 is 6.03 Å². The van der Waals surface area contributed by atoms with Crippen molar-refractivity contribution in [3.8, 4) is 0 Å². The first-order chi connectivity index (χ1) is 7.20. The van der Waals surface area contributed by atoms with Gasteiger partial charge in [-0.15, -0.1) is 0 Å². The van der Waals surface area contributed by atoms with Gasteiger partial charge in [-0.05, 0) is 6.42 Å². The summed E-state index contributed by atoms with van der Waals surface area (Å²) in [7, 11) is 1.79. The smallest absolute Gasteiger partial charge is 0.320 e. The second-order valence-electron chi connectivity index (χ2n) is 3.82. The lowest BCUT2D eigenvalue weighted by Gasteiger charge is -2.37. The van der Waals surface area contributed by atoms with E-state index >= 15 is 0 Å². The monoisotopic (exact) mass is 215 g/mol. The van der Waals surface area contributed by atoms with Crippen molar-refractivity contribution >= 4 is 6.03 Å². The number of amides is 2. The molecule has 1 rings (SSSR count). The van der Waals surface area contributed by atoms with Crippen molar-refractivity contribution in [3.05, 3.63) is 0 Å². The summed E-state index contributed by atoms with van der Waals surface area (Å²) < 4.78 is 5.36. The third kappa shape index (κ3) is 3.07. The highest BCUT2D eigenvalue weighted by Crippen LogP contribution is 2.12. The molecule has 1 saturated heterocycles. The van der Waals surface area contributed by atoms with E-state index in [1.807, 2.05) is 4.90 Å². The van der Waals surface area contributed by atoms with Crippen molar-refractivity contribution < 1.29 is 9.53 Å². The van der Waals surface area contributed by atoms with Crippen LogP contribution in [-0.2, 0) is 4.74 Å². The largest absolute Gasteiger partial charge is 0.377 e. The quantitative estimate of drug-likeness (QED) is 0.727. The Morgan fingerprint density at radius 2 is 2.40 bits per heavy atom. The predicted octanol–water partition coefficient (Wildman–Crippen LogP) is 0.108. The number of hydrogen-bond acceptors (Lipinski definition) is 3. The Labute approximate surface area is 91.2 Å². The third-order valence-electron chi connectivity index (χ3n) is 2.74. The van der Waals surface area contributed by atoms with E-state index in [1.165, 1.54) is 0 Å². The molecule has 0 radical (unpaired) electrons. The molecule has 1 atom stereocenters. The Morgan fingerprint density at radius 1 is 1.67 bits per heavy atom. The first kappa shape index (κ1) is 12.3. The minimum atomic E-state index is 0.0654. The van der Waals surface area contributed by atoms with Gasteiger partial charge in [0.05, 0.1) is 19.3 Å². The molecule has 1 unspecified atom stereocenters. The molecule has 2 N–H and O–H groups in total. The fourth-order valence-corrected chi connectivity index (χ4v) is 1.75. The number of carbonyl (C=O) groups excluding carboxylic acids is 1. The Bertz CT molecular complexity index is 211. The van der Waals surface area contributed by atoms with Crippen molar-refractivity contribution in [2.24, 2.45) is 5.73 Å². The lowest BCUT2D eigenvalue weighted by atomic mass is 10.2. The van der Waals surface area contributed by atoms with Gasteiger partial charge in [0, 0.05) is 26.7 Å². The Hall–Kier alpha value is -0.810. The molecule has 0 saturated carbocycles. The van der Waals surface area contributed by atoms with Crippen LogP contribution in [0.25, 0.3) is 0 Å². The summed E-state index contributed by atoms with van der Waals surface area (Å²) >= 11 is 0. The molecule has 1 fully saturated rings. The van der Waals surface area contributed by atoms with Crippen LogP contribution in [0.2, 0.25) is 0 Å². The zero-order valence-electron chi connectivity index (χ0n) is 9.61. The molecule has 0 aromatic heterocycles. The van der Waals surface area contributed by atoms with Crippen LogP contribution in [0.5, 0.6) is 0 Å². The summed E-state index contributed by atoms with van der Waals surface area (Å²) in [5.74, 6) is 0. The van der Waals surface area contributed by atoms with E-state index < -0.39 is 0 Å². The molecule has 0 spiro atoms. The molecular formula is C10H21N3O2. The highest BCUT2D eigenvalue weighted by Gasteiger charge is 2.27. The average Bonchev–Trinajstić information content (AvgIpc) is 2.28. The number of ether oxygens (including phenoxy) is 1. The van der Waals surface area contributed by atoms with Gasteiger partial charge in [-0.2, -0.15) is 0 Å². The Balaban J connectivity index is 2.55. The van der Waals surface area contributed by atoms with Crippen molar-refractivity contribution in [2.75, 3.05) is 39.9 Å². The summed E-state index contributed by atoms with van der Waals surface area (Å²) in [6.45, 7) is 5.15. The minimum Gasteiger partial charge on any atom is -0.377 e. The number of likely N-dealkylation sites (N-methyl/N-ethyl adjacent to an activating group) is 1. The summed E-state index contributed by atoms with van der Waals surface area (Å²) in [4.78, 5) is 15.6. The van der Waals surface area contributed by atoms with E-state index in [9.17, 15) is 4.79 Å². The van der Waals surface area contributed by atoms with Gasteiger partial charge in [0.1, 0.15) is 0 Å². The van der Waals surface area contributed by atoms with Crippen LogP contribution in [0.1, 0.15) is 13.3 Å².